The monoisotopic (exact) mass is 395 g/mol. The quantitative estimate of drug-likeness (QED) is 0.575. The molecule has 152 valence electrons. The van der Waals surface area contributed by atoms with Crippen molar-refractivity contribution in [2.75, 3.05) is 13.7 Å². The number of nitrogens with zero attached hydrogens (tertiary/aromatic N) is 3. The number of ether oxygens (including phenoxy) is 1. The Morgan fingerprint density at radius 3 is 2.31 bits per heavy atom. The fourth-order valence-corrected chi connectivity index (χ4v) is 3.42. The molecule has 1 atom stereocenters. The third-order valence-electron chi connectivity index (χ3n) is 5.01. The van der Waals surface area contributed by atoms with E-state index in [1.54, 1.807) is 18.9 Å². The summed E-state index contributed by atoms with van der Waals surface area (Å²) in [5, 5.41) is 0. The number of rotatable bonds is 7. The SMILES string of the molecule is COC(=O)C(C)CN(Cc1ccccc1)C(=O)Cn1c(=O)n(C)c2ccccc21. The van der Waals surface area contributed by atoms with E-state index < -0.39 is 5.92 Å². The number of fused-ring (bicyclic) bond motifs is 1. The van der Waals surface area contributed by atoms with Crippen molar-refractivity contribution in [3.63, 3.8) is 0 Å². The first-order chi connectivity index (χ1) is 13.9. The second kappa shape index (κ2) is 8.77. The molecule has 3 rings (SSSR count). The number of methoxy groups -OCH3 is 1. The van der Waals surface area contributed by atoms with Crippen molar-refractivity contribution in [3.8, 4) is 0 Å². The lowest BCUT2D eigenvalue weighted by Crippen LogP contribution is -2.40. The summed E-state index contributed by atoms with van der Waals surface area (Å²) in [6.45, 7) is 2.18. The fraction of sp³-hybridized carbons (Fsp3) is 0.318. The Morgan fingerprint density at radius 1 is 1.03 bits per heavy atom. The molecule has 2 aromatic carbocycles. The van der Waals surface area contributed by atoms with Crippen LogP contribution in [0, 0.1) is 5.92 Å². The highest BCUT2D eigenvalue weighted by Gasteiger charge is 2.23. The molecule has 29 heavy (non-hydrogen) atoms. The minimum atomic E-state index is -0.475. The molecule has 1 unspecified atom stereocenters. The van der Waals surface area contributed by atoms with Crippen LogP contribution in [-0.4, -0.2) is 39.6 Å². The van der Waals surface area contributed by atoms with Gasteiger partial charge >= 0.3 is 11.7 Å². The number of benzene rings is 2. The van der Waals surface area contributed by atoms with Crippen LogP contribution < -0.4 is 5.69 Å². The minimum Gasteiger partial charge on any atom is -0.469 e. The summed E-state index contributed by atoms with van der Waals surface area (Å²) in [7, 11) is 3.02. The summed E-state index contributed by atoms with van der Waals surface area (Å²) in [5.41, 5.74) is 2.17. The largest absolute Gasteiger partial charge is 0.469 e. The molecule has 0 N–H and O–H groups in total. The lowest BCUT2D eigenvalue weighted by Gasteiger charge is -2.25. The van der Waals surface area contributed by atoms with E-state index in [-0.39, 0.29) is 30.7 Å². The molecule has 0 saturated heterocycles. The normalized spacial score (nSPS) is 12.0. The van der Waals surface area contributed by atoms with Gasteiger partial charge < -0.3 is 9.64 Å². The summed E-state index contributed by atoms with van der Waals surface area (Å²) >= 11 is 0. The zero-order valence-electron chi connectivity index (χ0n) is 16.9. The van der Waals surface area contributed by atoms with Crippen LogP contribution in [0.4, 0.5) is 0 Å². The number of para-hydroxylation sites is 2. The van der Waals surface area contributed by atoms with E-state index in [1.165, 1.54) is 16.2 Å². The van der Waals surface area contributed by atoms with Gasteiger partial charge in [0.25, 0.3) is 0 Å². The second-order valence-electron chi connectivity index (χ2n) is 7.10. The van der Waals surface area contributed by atoms with Crippen LogP contribution in [0.1, 0.15) is 12.5 Å². The van der Waals surface area contributed by atoms with E-state index in [0.29, 0.717) is 12.1 Å². The highest BCUT2D eigenvalue weighted by atomic mass is 16.5. The third-order valence-corrected chi connectivity index (χ3v) is 5.01. The van der Waals surface area contributed by atoms with Gasteiger partial charge in [-0.3, -0.25) is 18.7 Å². The van der Waals surface area contributed by atoms with Gasteiger partial charge in [-0.05, 0) is 17.7 Å². The maximum absolute atomic E-state index is 13.2. The average molecular weight is 395 g/mol. The van der Waals surface area contributed by atoms with Crippen molar-refractivity contribution < 1.29 is 14.3 Å². The van der Waals surface area contributed by atoms with Crippen LogP contribution in [-0.2, 0) is 34.5 Å². The standard InChI is InChI=1S/C22H25N3O4/c1-16(21(27)29-3)13-24(14-17-9-5-4-6-10-17)20(26)15-25-19-12-8-7-11-18(19)23(2)22(25)28/h4-12,16H,13-15H2,1-3H3. The number of carbonyl (C=O) groups is 2. The van der Waals surface area contributed by atoms with E-state index in [1.807, 2.05) is 54.6 Å². The number of aromatic nitrogens is 2. The molecule has 0 saturated carbocycles. The molecule has 0 aliphatic carbocycles. The van der Waals surface area contributed by atoms with Crippen molar-refractivity contribution in [2.24, 2.45) is 13.0 Å². The topological polar surface area (TPSA) is 73.5 Å². The molecular weight excluding hydrogens is 370 g/mol. The van der Waals surface area contributed by atoms with Crippen molar-refractivity contribution >= 4 is 22.9 Å². The predicted octanol–water partition coefficient (Wildman–Crippen LogP) is 2.18. The van der Waals surface area contributed by atoms with Crippen LogP contribution in [0.15, 0.2) is 59.4 Å². The molecule has 7 heteroatoms. The summed E-state index contributed by atoms with van der Waals surface area (Å²) in [5.74, 6) is -1.09. The maximum Gasteiger partial charge on any atom is 0.329 e. The van der Waals surface area contributed by atoms with Crippen LogP contribution in [0.5, 0.6) is 0 Å². The van der Waals surface area contributed by atoms with Crippen LogP contribution >= 0.6 is 0 Å². The van der Waals surface area contributed by atoms with E-state index in [9.17, 15) is 14.4 Å². The highest BCUT2D eigenvalue weighted by molar-refractivity contribution is 5.81. The molecule has 0 aliphatic rings. The van der Waals surface area contributed by atoms with E-state index >= 15 is 0 Å². The first kappa shape index (κ1) is 20.4. The maximum atomic E-state index is 13.2. The second-order valence-corrected chi connectivity index (χ2v) is 7.10. The number of esters is 1. The number of imidazole rings is 1. The number of hydrogen-bond donors (Lipinski definition) is 0. The van der Waals surface area contributed by atoms with Crippen molar-refractivity contribution in [2.45, 2.75) is 20.0 Å². The Morgan fingerprint density at radius 2 is 1.66 bits per heavy atom. The Hall–Kier alpha value is -3.35. The molecule has 1 amide bonds. The molecule has 0 radical (unpaired) electrons. The molecule has 0 bridgehead atoms. The molecule has 0 aliphatic heterocycles. The van der Waals surface area contributed by atoms with Gasteiger partial charge in [0.15, 0.2) is 0 Å². The van der Waals surface area contributed by atoms with Crippen molar-refractivity contribution in [1.29, 1.82) is 0 Å². The van der Waals surface area contributed by atoms with Gasteiger partial charge in [0.2, 0.25) is 5.91 Å². The average Bonchev–Trinajstić information content (AvgIpc) is 2.98. The molecule has 1 heterocycles. The van der Waals surface area contributed by atoms with Gasteiger partial charge in [-0.15, -0.1) is 0 Å². The molecule has 1 aromatic heterocycles. The first-order valence-corrected chi connectivity index (χ1v) is 9.46. The molecule has 0 spiro atoms. The molecule has 0 fully saturated rings. The van der Waals surface area contributed by atoms with Crippen LogP contribution in [0.3, 0.4) is 0 Å². The number of amides is 1. The summed E-state index contributed by atoms with van der Waals surface area (Å²) in [4.78, 5) is 39.3. The van der Waals surface area contributed by atoms with Gasteiger partial charge in [-0.2, -0.15) is 0 Å². The molecular formula is C22H25N3O4. The summed E-state index contributed by atoms with van der Waals surface area (Å²) < 4.78 is 7.81. The van der Waals surface area contributed by atoms with E-state index in [0.717, 1.165) is 11.1 Å². The van der Waals surface area contributed by atoms with Crippen LogP contribution in [0.2, 0.25) is 0 Å². The number of aryl methyl sites for hydroxylation is 1. The highest BCUT2D eigenvalue weighted by Crippen LogP contribution is 2.14. The third kappa shape index (κ3) is 4.39. The number of hydrogen-bond acceptors (Lipinski definition) is 4. The Bertz CT molecular complexity index is 1070. The minimum absolute atomic E-state index is 0.0963. The number of carbonyl (C=O) groups excluding carboxylic acids is 2. The van der Waals surface area contributed by atoms with Gasteiger partial charge in [0.05, 0.1) is 24.1 Å². The first-order valence-electron chi connectivity index (χ1n) is 9.46. The summed E-state index contributed by atoms with van der Waals surface area (Å²) in [6, 6.07) is 16.9. The zero-order chi connectivity index (χ0) is 21.0. The smallest absolute Gasteiger partial charge is 0.329 e. The predicted molar refractivity (Wildman–Crippen MR) is 110 cm³/mol. The van der Waals surface area contributed by atoms with Gasteiger partial charge in [0.1, 0.15) is 6.54 Å². The zero-order valence-corrected chi connectivity index (χ0v) is 16.9. The molecule has 7 nitrogen and oxygen atoms in total. The Balaban J connectivity index is 1.89. The van der Waals surface area contributed by atoms with Gasteiger partial charge in [-0.25, -0.2) is 4.79 Å². The van der Waals surface area contributed by atoms with E-state index in [2.05, 4.69) is 0 Å². The Kier molecular flexibility index (Phi) is 6.16. The lowest BCUT2D eigenvalue weighted by atomic mass is 10.1. The van der Waals surface area contributed by atoms with Crippen LogP contribution in [0.25, 0.3) is 11.0 Å². The van der Waals surface area contributed by atoms with Crippen molar-refractivity contribution in [1.82, 2.24) is 14.0 Å². The fourth-order valence-electron chi connectivity index (χ4n) is 3.42. The van der Waals surface area contributed by atoms with E-state index in [4.69, 9.17) is 4.74 Å². The Labute approximate surface area is 169 Å². The molecule has 3 aromatic rings. The van der Waals surface area contributed by atoms with Crippen molar-refractivity contribution in [3.05, 3.63) is 70.6 Å². The van der Waals surface area contributed by atoms with Gasteiger partial charge in [-0.1, -0.05) is 49.4 Å². The van der Waals surface area contributed by atoms with Gasteiger partial charge in [0, 0.05) is 20.1 Å². The lowest BCUT2D eigenvalue weighted by molar-refractivity contribution is -0.146. The summed E-state index contributed by atoms with van der Waals surface area (Å²) in [6.07, 6.45) is 0.